The van der Waals surface area contributed by atoms with Crippen molar-refractivity contribution >= 4 is 27.5 Å². The van der Waals surface area contributed by atoms with Crippen LogP contribution in [0.25, 0.3) is 0 Å². The number of hydrogen-bond donors (Lipinski definition) is 0. The van der Waals surface area contributed by atoms with Gasteiger partial charge < -0.3 is 9.64 Å². The van der Waals surface area contributed by atoms with E-state index in [4.69, 9.17) is 4.74 Å². The number of amides is 1. The molecule has 0 spiro atoms. The molecule has 4 heteroatoms. The standard InChI is InChI=1S/C18H18BrNO2/c1-11-5-4-6-12(2)17(11)20-10-14-9-15(19)7-8-16(14)22-13(3)18(20)21/h4-9,13H,10H2,1-3H3/t13-/m0/s1. The highest BCUT2D eigenvalue weighted by atomic mass is 79.9. The van der Waals surface area contributed by atoms with Gasteiger partial charge >= 0.3 is 0 Å². The molecule has 0 bridgehead atoms. The van der Waals surface area contributed by atoms with Crippen molar-refractivity contribution in [1.82, 2.24) is 0 Å². The van der Waals surface area contributed by atoms with E-state index < -0.39 is 6.10 Å². The summed E-state index contributed by atoms with van der Waals surface area (Å²) in [7, 11) is 0. The maximum atomic E-state index is 12.8. The number of carbonyl (C=O) groups excluding carboxylic acids is 1. The van der Waals surface area contributed by atoms with Crippen molar-refractivity contribution in [3.05, 3.63) is 57.6 Å². The second kappa shape index (κ2) is 5.76. The van der Waals surface area contributed by atoms with E-state index in [1.54, 1.807) is 6.92 Å². The van der Waals surface area contributed by atoms with E-state index in [9.17, 15) is 4.79 Å². The molecule has 2 aromatic carbocycles. The van der Waals surface area contributed by atoms with Crippen molar-refractivity contribution in [3.63, 3.8) is 0 Å². The summed E-state index contributed by atoms with van der Waals surface area (Å²) in [4.78, 5) is 14.6. The van der Waals surface area contributed by atoms with Crippen molar-refractivity contribution < 1.29 is 9.53 Å². The maximum Gasteiger partial charge on any atom is 0.268 e. The molecule has 0 aliphatic carbocycles. The van der Waals surface area contributed by atoms with Gasteiger partial charge in [0.25, 0.3) is 5.91 Å². The van der Waals surface area contributed by atoms with Gasteiger partial charge in [-0.2, -0.15) is 0 Å². The largest absolute Gasteiger partial charge is 0.481 e. The average molecular weight is 360 g/mol. The Labute approximate surface area is 139 Å². The molecule has 1 heterocycles. The van der Waals surface area contributed by atoms with E-state index in [0.717, 1.165) is 32.6 Å². The van der Waals surface area contributed by atoms with Gasteiger partial charge in [0.1, 0.15) is 5.75 Å². The van der Waals surface area contributed by atoms with Gasteiger partial charge in [-0.25, -0.2) is 0 Å². The fraction of sp³-hybridized carbons (Fsp3) is 0.278. The van der Waals surface area contributed by atoms with Crippen LogP contribution in [0.5, 0.6) is 5.75 Å². The van der Waals surface area contributed by atoms with Gasteiger partial charge in [0.2, 0.25) is 0 Å². The molecule has 2 aromatic rings. The van der Waals surface area contributed by atoms with Crippen molar-refractivity contribution in [2.24, 2.45) is 0 Å². The minimum atomic E-state index is -0.499. The van der Waals surface area contributed by atoms with Crippen molar-refractivity contribution in [3.8, 4) is 5.75 Å². The quantitative estimate of drug-likeness (QED) is 0.755. The highest BCUT2D eigenvalue weighted by Crippen LogP contribution is 2.33. The van der Waals surface area contributed by atoms with Crippen LogP contribution in [-0.4, -0.2) is 12.0 Å². The summed E-state index contributed by atoms with van der Waals surface area (Å²) in [6, 6.07) is 12.0. The molecular formula is C18H18BrNO2. The minimum Gasteiger partial charge on any atom is -0.481 e. The zero-order chi connectivity index (χ0) is 15.9. The molecule has 0 unspecified atom stereocenters. The lowest BCUT2D eigenvalue weighted by Gasteiger charge is -2.26. The molecule has 0 fully saturated rings. The lowest BCUT2D eigenvalue weighted by atomic mass is 10.1. The van der Waals surface area contributed by atoms with Crippen LogP contribution in [0.1, 0.15) is 23.6 Å². The van der Waals surface area contributed by atoms with Crippen molar-refractivity contribution in [2.45, 2.75) is 33.4 Å². The van der Waals surface area contributed by atoms with Crippen LogP contribution >= 0.6 is 15.9 Å². The Kier molecular flexibility index (Phi) is 3.96. The number of nitrogens with zero attached hydrogens (tertiary/aromatic N) is 1. The summed E-state index contributed by atoms with van der Waals surface area (Å²) in [6.07, 6.45) is -0.499. The lowest BCUT2D eigenvalue weighted by Crippen LogP contribution is -2.38. The Morgan fingerprint density at radius 3 is 2.55 bits per heavy atom. The SMILES string of the molecule is Cc1cccc(C)c1N1Cc2cc(Br)ccc2O[C@@H](C)C1=O. The van der Waals surface area contributed by atoms with Gasteiger partial charge in [-0.3, -0.25) is 4.79 Å². The number of hydrogen-bond acceptors (Lipinski definition) is 2. The van der Waals surface area contributed by atoms with Gasteiger partial charge in [0.05, 0.1) is 6.54 Å². The number of benzene rings is 2. The van der Waals surface area contributed by atoms with Crippen LogP contribution in [0.3, 0.4) is 0 Å². The number of anilines is 1. The van der Waals surface area contributed by atoms with Gasteiger partial charge in [0, 0.05) is 15.7 Å². The van der Waals surface area contributed by atoms with Crippen molar-refractivity contribution in [1.29, 1.82) is 0 Å². The molecule has 0 saturated carbocycles. The Balaban J connectivity index is 2.12. The number of rotatable bonds is 1. The first kappa shape index (κ1) is 15.1. The summed E-state index contributed by atoms with van der Waals surface area (Å²) in [5, 5.41) is 0. The second-order valence-electron chi connectivity index (χ2n) is 5.68. The molecule has 1 aliphatic rings. The maximum absolute atomic E-state index is 12.8. The number of ether oxygens (including phenoxy) is 1. The summed E-state index contributed by atoms with van der Waals surface area (Å²) in [6.45, 7) is 6.39. The fourth-order valence-corrected chi connectivity index (χ4v) is 3.32. The third-order valence-corrected chi connectivity index (χ3v) is 4.47. The zero-order valence-corrected chi connectivity index (χ0v) is 14.5. The molecule has 3 nitrogen and oxygen atoms in total. The van der Waals surface area contributed by atoms with E-state index in [1.165, 1.54) is 0 Å². The topological polar surface area (TPSA) is 29.5 Å². The molecule has 22 heavy (non-hydrogen) atoms. The molecule has 0 N–H and O–H groups in total. The number of carbonyl (C=O) groups is 1. The van der Waals surface area contributed by atoms with Crippen LogP contribution in [0.15, 0.2) is 40.9 Å². The van der Waals surface area contributed by atoms with Crippen LogP contribution < -0.4 is 9.64 Å². The minimum absolute atomic E-state index is 0.00952. The number of halogens is 1. The normalized spacial score (nSPS) is 17.7. The zero-order valence-electron chi connectivity index (χ0n) is 12.9. The monoisotopic (exact) mass is 359 g/mol. The average Bonchev–Trinajstić information content (AvgIpc) is 2.58. The molecule has 0 radical (unpaired) electrons. The summed E-state index contributed by atoms with van der Waals surface area (Å²) in [5.41, 5.74) is 4.18. The summed E-state index contributed by atoms with van der Waals surface area (Å²) >= 11 is 3.49. The number of aryl methyl sites for hydroxylation is 2. The number of para-hydroxylation sites is 1. The molecule has 1 aliphatic heterocycles. The molecule has 3 rings (SSSR count). The third-order valence-electron chi connectivity index (χ3n) is 3.98. The van der Waals surface area contributed by atoms with Gasteiger partial charge in [0.15, 0.2) is 6.10 Å². The smallest absolute Gasteiger partial charge is 0.268 e. The van der Waals surface area contributed by atoms with Gasteiger partial charge in [-0.15, -0.1) is 0 Å². The molecule has 1 atom stereocenters. The Hall–Kier alpha value is -1.81. The Bertz CT molecular complexity index is 722. The van der Waals surface area contributed by atoms with Crippen LogP contribution in [0.2, 0.25) is 0 Å². The molecule has 114 valence electrons. The number of fused-ring (bicyclic) bond motifs is 1. The van der Waals surface area contributed by atoms with Crippen LogP contribution in [0.4, 0.5) is 5.69 Å². The van der Waals surface area contributed by atoms with Crippen LogP contribution in [0, 0.1) is 13.8 Å². The third kappa shape index (κ3) is 2.63. The molecule has 1 amide bonds. The predicted molar refractivity (Wildman–Crippen MR) is 91.3 cm³/mol. The van der Waals surface area contributed by atoms with Crippen molar-refractivity contribution in [2.75, 3.05) is 4.90 Å². The second-order valence-corrected chi connectivity index (χ2v) is 6.59. The first-order valence-electron chi connectivity index (χ1n) is 7.30. The van der Waals surface area contributed by atoms with E-state index in [1.807, 2.05) is 55.1 Å². The molecule has 0 aromatic heterocycles. The van der Waals surface area contributed by atoms with Crippen LogP contribution in [-0.2, 0) is 11.3 Å². The predicted octanol–water partition coefficient (Wildman–Crippen LogP) is 4.38. The molecule has 0 saturated heterocycles. The van der Waals surface area contributed by atoms with E-state index in [-0.39, 0.29) is 5.91 Å². The Morgan fingerprint density at radius 1 is 1.18 bits per heavy atom. The first-order chi connectivity index (χ1) is 10.5. The lowest BCUT2D eigenvalue weighted by molar-refractivity contribution is -0.124. The summed E-state index contributed by atoms with van der Waals surface area (Å²) in [5.74, 6) is 0.766. The van der Waals surface area contributed by atoms with E-state index >= 15 is 0 Å². The fourth-order valence-electron chi connectivity index (χ4n) is 2.92. The summed E-state index contributed by atoms with van der Waals surface area (Å²) < 4.78 is 6.83. The van der Waals surface area contributed by atoms with Gasteiger partial charge in [-0.05, 0) is 50.1 Å². The Morgan fingerprint density at radius 2 is 1.86 bits per heavy atom. The molecular weight excluding hydrogens is 342 g/mol. The highest BCUT2D eigenvalue weighted by molar-refractivity contribution is 9.10. The van der Waals surface area contributed by atoms with Gasteiger partial charge in [-0.1, -0.05) is 34.1 Å². The highest BCUT2D eigenvalue weighted by Gasteiger charge is 2.30. The first-order valence-corrected chi connectivity index (χ1v) is 8.09. The van der Waals surface area contributed by atoms with E-state index in [0.29, 0.717) is 6.54 Å². The van der Waals surface area contributed by atoms with E-state index in [2.05, 4.69) is 15.9 Å².